The van der Waals surface area contributed by atoms with E-state index >= 15 is 0 Å². The second-order valence-electron chi connectivity index (χ2n) is 5.16. The van der Waals surface area contributed by atoms with E-state index in [0.717, 1.165) is 23.3 Å². The molecule has 1 aromatic heterocycles. The summed E-state index contributed by atoms with van der Waals surface area (Å²) in [6, 6.07) is 10.8. The zero-order valence-electron chi connectivity index (χ0n) is 13.1. The zero-order chi connectivity index (χ0) is 17.8. The van der Waals surface area contributed by atoms with Crippen molar-refractivity contribution in [2.45, 2.75) is 11.3 Å². The lowest BCUT2D eigenvalue weighted by Gasteiger charge is -2.05. The molecule has 1 heterocycles. The van der Waals surface area contributed by atoms with Crippen molar-refractivity contribution < 1.29 is 13.6 Å². The number of nitrogens with one attached hydrogen (secondary N) is 1. The molecule has 1 amide bonds. The van der Waals surface area contributed by atoms with Gasteiger partial charge in [0.05, 0.1) is 11.4 Å². The van der Waals surface area contributed by atoms with Gasteiger partial charge < -0.3 is 5.32 Å². The monoisotopic (exact) mass is 377 g/mol. The maximum Gasteiger partial charge on any atom is 0.234 e. The Bertz CT molecular complexity index is 914. The quantitative estimate of drug-likeness (QED) is 0.664. The summed E-state index contributed by atoms with van der Waals surface area (Å²) < 4.78 is 31.3. The van der Waals surface area contributed by atoms with Crippen LogP contribution in [0.15, 0.2) is 46.8 Å². The van der Waals surface area contributed by atoms with E-state index in [9.17, 15) is 13.6 Å². The lowest BCUT2D eigenvalue weighted by Crippen LogP contribution is -2.15. The van der Waals surface area contributed by atoms with E-state index in [-0.39, 0.29) is 11.4 Å². The summed E-state index contributed by atoms with van der Waals surface area (Å²) >= 11 is 2.42. The molecule has 0 radical (unpaired) electrons. The van der Waals surface area contributed by atoms with E-state index < -0.39 is 17.5 Å². The van der Waals surface area contributed by atoms with Crippen LogP contribution in [0.25, 0.3) is 11.4 Å². The van der Waals surface area contributed by atoms with Crippen molar-refractivity contribution in [2.24, 2.45) is 0 Å². The van der Waals surface area contributed by atoms with Gasteiger partial charge in [0, 0.05) is 11.6 Å². The Morgan fingerprint density at radius 3 is 2.80 bits per heavy atom. The number of amides is 1. The minimum atomic E-state index is -0.809. The molecule has 0 saturated heterocycles. The highest BCUT2D eigenvalue weighted by molar-refractivity contribution is 8.01. The molecular weight excluding hydrogens is 364 g/mol. The molecule has 2 aromatic carbocycles. The van der Waals surface area contributed by atoms with Crippen LogP contribution >= 0.6 is 23.3 Å². The maximum atomic E-state index is 13.5. The summed E-state index contributed by atoms with van der Waals surface area (Å²) in [6.45, 7) is 1.98. The molecule has 1 N–H and O–H groups in total. The van der Waals surface area contributed by atoms with E-state index in [1.54, 1.807) is 0 Å². The third-order valence-corrected chi connectivity index (χ3v) is 5.16. The first-order chi connectivity index (χ1) is 12.0. The summed E-state index contributed by atoms with van der Waals surface area (Å²) in [5.41, 5.74) is 1.97. The van der Waals surface area contributed by atoms with E-state index in [0.29, 0.717) is 10.2 Å². The van der Waals surface area contributed by atoms with Crippen molar-refractivity contribution in [1.29, 1.82) is 0 Å². The first kappa shape index (κ1) is 17.5. The van der Waals surface area contributed by atoms with Crippen molar-refractivity contribution in [3.05, 3.63) is 59.7 Å². The van der Waals surface area contributed by atoms with Gasteiger partial charge in [0.25, 0.3) is 0 Å². The highest BCUT2D eigenvalue weighted by atomic mass is 32.2. The Hall–Kier alpha value is -2.32. The number of hydrogen-bond donors (Lipinski definition) is 1. The number of rotatable bonds is 5. The topological polar surface area (TPSA) is 54.9 Å². The van der Waals surface area contributed by atoms with E-state index in [2.05, 4.69) is 14.7 Å². The molecule has 0 fully saturated rings. The normalized spacial score (nSPS) is 10.7. The average Bonchev–Trinajstić information content (AvgIpc) is 3.05. The molecule has 0 aliphatic carbocycles. The summed E-state index contributed by atoms with van der Waals surface area (Å²) in [7, 11) is 0. The molecule has 0 spiro atoms. The largest absolute Gasteiger partial charge is 0.323 e. The van der Waals surface area contributed by atoms with Crippen LogP contribution in [0.3, 0.4) is 0 Å². The summed E-state index contributed by atoms with van der Waals surface area (Å²) in [5.74, 6) is -1.23. The molecule has 0 aliphatic rings. The first-order valence-corrected chi connectivity index (χ1v) is 9.06. The van der Waals surface area contributed by atoms with Gasteiger partial charge in [-0.15, -0.1) is 0 Å². The fraction of sp³-hybridized carbons (Fsp3) is 0.118. The second-order valence-corrected chi connectivity index (χ2v) is 7.13. The fourth-order valence-electron chi connectivity index (χ4n) is 2.11. The fourth-order valence-corrected chi connectivity index (χ4v) is 3.51. The molecule has 8 heteroatoms. The molecule has 25 heavy (non-hydrogen) atoms. The molecule has 3 aromatic rings. The maximum absolute atomic E-state index is 13.5. The predicted molar refractivity (Wildman–Crippen MR) is 95.8 cm³/mol. The number of nitrogens with zero attached hydrogens (tertiary/aromatic N) is 2. The molecule has 0 atom stereocenters. The number of halogens is 2. The van der Waals surface area contributed by atoms with Gasteiger partial charge in [-0.2, -0.15) is 4.37 Å². The minimum Gasteiger partial charge on any atom is -0.323 e. The zero-order valence-corrected chi connectivity index (χ0v) is 14.8. The Balaban J connectivity index is 1.60. The van der Waals surface area contributed by atoms with Gasteiger partial charge in [0.15, 0.2) is 10.2 Å². The van der Waals surface area contributed by atoms with Gasteiger partial charge in [0.2, 0.25) is 5.91 Å². The SMILES string of the molecule is Cc1ccccc1-c1nsc(SCC(=O)Nc2ccc(F)cc2F)n1. The van der Waals surface area contributed by atoms with Gasteiger partial charge in [-0.25, -0.2) is 13.8 Å². The number of carbonyl (C=O) groups is 1. The summed E-state index contributed by atoms with van der Waals surface area (Å²) in [6.07, 6.45) is 0. The molecular formula is C17H13F2N3OS2. The lowest BCUT2D eigenvalue weighted by molar-refractivity contribution is -0.113. The van der Waals surface area contributed by atoms with Crippen LogP contribution in [0.4, 0.5) is 14.5 Å². The molecule has 4 nitrogen and oxygen atoms in total. The smallest absolute Gasteiger partial charge is 0.234 e. The number of carbonyl (C=O) groups excluding carboxylic acids is 1. The molecule has 0 aliphatic heterocycles. The molecule has 128 valence electrons. The Morgan fingerprint density at radius 1 is 1.24 bits per heavy atom. The number of hydrogen-bond acceptors (Lipinski definition) is 5. The molecule has 0 unspecified atom stereocenters. The van der Waals surface area contributed by atoms with Crippen molar-refractivity contribution >= 4 is 34.9 Å². The van der Waals surface area contributed by atoms with E-state index in [1.165, 1.54) is 29.4 Å². The predicted octanol–water partition coefficient (Wildman–Crippen LogP) is 4.52. The van der Waals surface area contributed by atoms with Gasteiger partial charge in [0.1, 0.15) is 11.6 Å². The van der Waals surface area contributed by atoms with E-state index in [1.807, 2.05) is 31.2 Å². The van der Waals surface area contributed by atoms with Crippen LogP contribution in [0.2, 0.25) is 0 Å². The molecule has 0 saturated carbocycles. The van der Waals surface area contributed by atoms with Gasteiger partial charge >= 0.3 is 0 Å². The Labute approximate surface area is 151 Å². The third-order valence-electron chi connectivity index (χ3n) is 3.33. The van der Waals surface area contributed by atoms with E-state index in [4.69, 9.17) is 0 Å². The minimum absolute atomic E-state index is 0.0511. The van der Waals surface area contributed by atoms with Crippen molar-refractivity contribution in [3.63, 3.8) is 0 Å². The van der Waals surface area contributed by atoms with Crippen molar-refractivity contribution in [1.82, 2.24) is 9.36 Å². The van der Waals surface area contributed by atoms with Crippen LogP contribution < -0.4 is 5.32 Å². The number of aromatic nitrogens is 2. The van der Waals surface area contributed by atoms with Gasteiger partial charge in [-0.3, -0.25) is 4.79 Å². The Kier molecular flexibility index (Phi) is 5.40. The Morgan fingerprint density at radius 2 is 2.04 bits per heavy atom. The summed E-state index contributed by atoms with van der Waals surface area (Å²) in [5, 5.41) is 2.41. The van der Waals surface area contributed by atoms with Crippen molar-refractivity contribution in [3.8, 4) is 11.4 Å². The average molecular weight is 377 g/mol. The van der Waals surface area contributed by atoms with Crippen LogP contribution in [0.1, 0.15) is 5.56 Å². The van der Waals surface area contributed by atoms with Gasteiger partial charge in [-0.05, 0) is 36.2 Å². The first-order valence-electron chi connectivity index (χ1n) is 7.30. The third kappa shape index (κ3) is 4.40. The van der Waals surface area contributed by atoms with Crippen molar-refractivity contribution in [2.75, 3.05) is 11.1 Å². The molecule has 0 bridgehead atoms. The molecule has 3 rings (SSSR count). The van der Waals surface area contributed by atoms with Gasteiger partial charge in [-0.1, -0.05) is 36.0 Å². The number of benzene rings is 2. The highest BCUT2D eigenvalue weighted by Gasteiger charge is 2.12. The number of thioether (sulfide) groups is 1. The second kappa shape index (κ2) is 7.71. The highest BCUT2D eigenvalue weighted by Crippen LogP contribution is 2.27. The number of anilines is 1. The standard InChI is InChI=1S/C17H13F2N3OS2/c1-10-4-2-3-5-12(10)16-21-17(25-22-16)24-9-15(23)20-14-7-6-11(18)8-13(14)19/h2-8H,9H2,1H3,(H,20,23). The number of aryl methyl sites for hydroxylation is 1. The lowest BCUT2D eigenvalue weighted by atomic mass is 10.1. The summed E-state index contributed by atoms with van der Waals surface area (Å²) in [4.78, 5) is 16.3. The van der Waals surface area contributed by atoms with Crippen LogP contribution in [-0.2, 0) is 4.79 Å². The van der Waals surface area contributed by atoms with Crippen LogP contribution in [0, 0.1) is 18.6 Å². The van der Waals surface area contributed by atoms with Crippen LogP contribution in [-0.4, -0.2) is 21.0 Å². The van der Waals surface area contributed by atoms with Crippen LogP contribution in [0.5, 0.6) is 0 Å².